The lowest BCUT2D eigenvalue weighted by atomic mass is 9.94. The van der Waals surface area contributed by atoms with Crippen molar-refractivity contribution in [3.05, 3.63) is 18.3 Å². The van der Waals surface area contributed by atoms with Crippen LogP contribution >= 0.6 is 11.8 Å². The van der Waals surface area contributed by atoms with Gasteiger partial charge in [-0.3, -0.25) is 0 Å². The molecular formula is C13H21N3S. The fraction of sp³-hybridized carbons (Fsp3) is 0.615. The fourth-order valence-electron chi connectivity index (χ4n) is 2.42. The topological polar surface area (TPSA) is 37.0 Å². The highest BCUT2D eigenvalue weighted by Crippen LogP contribution is 2.29. The van der Waals surface area contributed by atoms with E-state index in [0.29, 0.717) is 6.04 Å². The smallest absolute Gasteiger partial charge is 0.127 e. The molecular weight excluding hydrogens is 230 g/mol. The quantitative estimate of drug-likeness (QED) is 0.861. The number of nitrogens with one attached hydrogen (secondary N) is 2. The zero-order chi connectivity index (χ0) is 12.1. The molecule has 0 radical (unpaired) electrons. The highest BCUT2D eigenvalue weighted by Gasteiger charge is 2.23. The zero-order valence-corrected chi connectivity index (χ0v) is 11.4. The lowest BCUT2D eigenvalue weighted by Crippen LogP contribution is -2.34. The van der Waals surface area contributed by atoms with Crippen LogP contribution in [0.25, 0.3) is 0 Å². The van der Waals surface area contributed by atoms with Gasteiger partial charge in [-0.1, -0.05) is 12.8 Å². The van der Waals surface area contributed by atoms with Gasteiger partial charge in [0.25, 0.3) is 0 Å². The molecule has 0 spiro atoms. The van der Waals surface area contributed by atoms with Crippen LogP contribution in [-0.2, 0) is 0 Å². The predicted octanol–water partition coefficient (Wildman–Crippen LogP) is 3.21. The van der Waals surface area contributed by atoms with E-state index in [0.717, 1.165) is 11.1 Å². The molecule has 4 heteroatoms. The lowest BCUT2D eigenvalue weighted by Gasteiger charge is -2.31. The molecule has 2 rings (SSSR count). The first-order valence-corrected chi connectivity index (χ1v) is 7.55. The Morgan fingerprint density at radius 2 is 2.18 bits per heavy atom. The molecule has 2 N–H and O–H groups in total. The second-order valence-corrected chi connectivity index (χ2v) is 5.57. The third-order valence-corrected chi connectivity index (χ3v) is 4.54. The number of aromatic nitrogens is 1. The number of pyridine rings is 1. The molecule has 1 fully saturated rings. The third kappa shape index (κ3) is 3.28. The van der Waals surface area contributed by atoms with Crippen LogP contribution < -0.4 is 10.6 Å². The Morgan fingerprint density at radius 3 is 2.94 bits per heavy atom. The molecule has 1 saturated carbocycles. The monoisotopic (exact) mass is 251 g/mol. The minimum Gasteiger partial charge on any atom is -0.381 e. The van der Waals surface area contributed by atoms with Crippen molar-refractivity contribution >= 4 is 23.3 Å². The van der Waals surface area contributed by atoms with Crippen LogP contribution in [0.5, 0.6) is 0 Å². The van der Waals surface area contributed by atoms with Gasteiger partial charge in [0.05, 0.1) is 0 Å². The lowest BCUT2D eigenvalue weighted by molar-refractivity contribution is 0.475. The molecule has 0 aromatic carbocycles. The van der Waals surface area contributed by atoms with E-state index in [1.165, 1.54) is 31.4 Å². The maximum Gasteiger partial charge on any atom is 0.127 e. The Labute approximate surface area is 108 Å². The van der Waals surface area contributed by atoms with E-state index in [1.54, 1.807) is 0 Å². The normalized spacial score (nSPS) is 24.4. The van der Waals surface area contributed by atoms with Crippen LogP contribution in [0.3, 0.4) is 0 Å². The Morgan fingerprint density at radius 1 is 1.35 bits per heavy atom. The summed E-state index contributed by atoms with van der Waals surface area (Å²) in [6.45, 7) is 0. The maximum absolute atomic E-state index is 4.23. The molecule has 3 nitrogen and oxygen atoms in total. The minimum absolute atomic E-state index is 0.603. The Balaban J connectivity index is 2.02. The largest absolute Gasteiger partial charge is 0.381 e. The van der Waals surface area contributed by atoms with Crippen LogP contribution in [0.1, 0.15) is 25.7 Å². The van der Waals surface area contributed by atoms with Crippen LogP contribution in [0.15, 0.2) is 18.3 Å². The molecule has 0 amide bonds. The van der Waals surface area contributed by atoms with E-state index in [-0.39, 0.29) is 0 Å². The summed E-state index contributed by atoms with van der Waals surface area (Å²) in [4.78, 5) is 4.23. The van der Waals surface area contributed by atoms with Crippen molar-refractivity contribution in [2.45, 2.75) is 37.0 Å². The van der Waals surface area contributed by atoms with Gasteiger partial charge in [0.1, 0.15) is 5.82 Å². The summed E-state index contributed by atoms with van der Waals surface area (Å²) in [5.74, 6) is 0.923. The number of nitrogens with zero attached hydrogens (tertiary/aromatic N) is 1. The molecule has 1 aliphatic carbocycles. The van der Waals surface area contributed by atoms with Gasteiger partial charge in [0.2, 0.25) is 0 Å². The third-order valence-electron chi connectivity index (χ3n) is 3.37. The summed E-state index contributed by atoms with van der Waals surface area (Å²) < 4.78 is 0. The maximum atomic E-state index is 4.23. The van der Waals surface area contributed by atoms with E-state index in [1.807, 2.05) is 31.1 Å². The van der Waals surface area contributed by atoms with Gasteiger partial charge in [0.15, 0.2) is 0 Å². The van der Waals surface area contributed by atoms with Crippen LogP contribution in [0, 0.1) is 0 Å². The predicted molar refractivity (Wildman–Crippen MR) is 77.0 cm³/mol. The number of thioether (sulfide) groups is 1. The Hall–Kier alpha value is -0.900. The summed E-state index contributed by atoms with van der Waals surface area (Å²) in [6, 6.07) is 4.73. The molecule has 1 aromatic heterocycles. The summed E-state index contributed by atoms with van der Waals surface area (Å²) in [5.41, 5.74) is 1.18. The second-order valence-electron chi connectivity index (χ2n) is 4.49. The van der Waals surface area contributed by atoms with Gasteiger partial charge < -0.3 is 10.6 Å². The van der Waals surface area contributed by atoms with Gasteiger partial charge in [0, 0.05) is 36.3 Å². The van der Waals surface area contributed by atoms with Crippen LogP contribution in [0.2, 0.25) is 0 Å². The van der Waals surface area contributed by atoms with Crippen molar-refractivity contribution < 1.29 is 0 Å². The number of rotatable bonds is 4. The Bertz CT molecular complexity index is 356. The molecule has 1 heterocycles. The first-order chi connectivity index (χ1) is 8.33. The van der Waals surface area contributed by atoms with Gasteiger partial charge in [-0.2, -0.15) is 11.8 Å². The van der Waals surface area contributed by atoms with Crippen molar-refractivity contribution in [3.63, 3.8) is 0 Å². The van der Waals surface area contributed by atoms with E-state index < -0.39 is 0 Å². The average molecular weight is 251 g/mol. The summed E-state index contributed by atoms with van der Waals surface area (Å²) in [5, 5.41) is 7.47. The molecule has 0 bridgehead atoms. The van der Waals surface area contributed by atoms with Gasteiger partial charge in [-0.05, 0) is 25.2 Å². The SMILES string of the molecule is CNc1cc(NC2CCCCC2SC)ccn1. The highest BCUT2D eigenvalue weighted by atomic mass is 32.2. The highest BCUT2D eigenvalue weighted by molar-refractivity contribution is 7.99. The minimum atomic E-state index is 0.603. The summed E-state index contributed by atoms with van der Waals surface area (Å²) in [6.07, 6.45) is 9.41. The molecule has 94 valence electrons. The van der Waals surface area contributed by atoms with Crippen molar-refractivity contribution in [2.24, 2.45) is 0 Å². The first kappa shape index (κ1) is 12.6. The van der Waals surface area contributed by atoms with E-state index >= 15 is 0 Å². The van der Waals surface area contributed by atoms with Crippen molar-refractivity contribution in [1.29, 1.82) is 0 Å². The van der Waals surface area contributed by atoms with Gasteiger partial charge in [-0.15, -0.1) is 0 Å². The zero-order valence-electron chi connectivity index (χ0n) is 10.6. The van der Waals surface area contributed by atoms with Crippen molar-refractivity contribution in [1.82, 2.24) is 4.98 Å². The van der Waals surface area contributed by atoms with Crippen molar-refractivity contribution in [2.75, 3.05) is 23.9 Å². The molecule has 2 unspecified atom stereocenters. The number of hydrogen-bond acceptors (Lipinski definition) is 4. The first-order valence-electron chi connectivity index (χ1n) is 6.26. The molecule has 0 saturated heterocycles. The van der Waals surface area contributed by atoms with Gasteiger partial charge >= 0.3 is 0 Å². The second kappa shape index (κ2) is 6.15. The van der Waals surface area contributed by atoms with E-state index in [9.17, 15) is 0 Å². The standard InChI is InChI=1S/C13H21N3S/c1-14-13-9-10(7-8-15-13)16-11-5-3-4-6-12(11)17-2/h7-9,11-12H,3-6H2,1-2H3,(H2,14,15,16). The van der Waals surface area contributed by atoms with E-state index in [4.69, 9.17) is 0 Å². The average Bonchev–Trinajstić information content (AvgIpc) is 2.39. The molecule has 1 aliphatic rings. The van der Waals surface area contributed by atoms with Crippen LogP contribution in [-0.4, -0.2) is 29.6 Å². The summed E-state index contributed by atoms with van der Waals surface area (Å²) >= 11 is 1.99. The molecule has 2 atom stereocenters. The Kier molecular flexibility index (Phi) is 4.54. The van der Waals surface area contributed by atoms with Crippen molar-refractivity contribution in [3.8, 4) is 0 Å². The fourth-order valence-corrected chi connectivity index (χ4v) is 3.35. The molecule has 1 aromatic rings. The molecule has 17 heavy (non-hydrogen) atoms. The molecule has 0 aliphatic heterocycles. The van der Waals surface area contributed by atoms with E-state index in [2.05, 4.69) is 27.9 Å². The van der Waals surface area contributed by atoms with Crippen LogP contribution in [0.4, 0.5) is 11.5 Å². The summed E-state index contributed by atoms with van der Waals surface area (Å²) in [7, 11) is 1.90. The van der Waals surface area contributed by atoms with Gasteiger partial charge in [-0.25, -0.2) is 4.98 Å². The number of hydrogen-bond donors (Lipinski definition) is 2. The number of anilines is 2.